The van der Waals surface area contributed by atoms with E-state index in [4.69, 9.17) is 0 Å². The van der Waals surface area contributed by atoms with Crippen molar-refractivity contribution >= 4 is 34.7 Å². The number of nitrogens with zero attached hydrogens (tertiary/aromatic N) is 3. The molecule has 7 heteroatoms. The quantitative estimate of drug-likeness (QED) is 0.536. The van der Waals surface area contributed by atoms with Gasteiger partial charge in [0, 0.05) is 0 Å². The molecule has 0 bridgehead atoms. The van der Waals surface area contributed by atoms with Crippen LogP contribution in [0, 0.1) is 0 Å². The summed E-state index contributed by atoms with van der Waals surface area (Å²) < 4.78 is 7.68. The van der Waals surface area contributed by atoms with Crippen molar-refractivity contribution in [2.24, 2.45) is 0 Å². The molecule has 0 aromatic carbocycles. The maximum Gasteiger partial charge on any atom is 0.280 e. The van der Waals surface area contributed by atoms with Gasteiger partial charge in [0.15, 0.2) is 10.7 Å². The van der Waals surface area contributed by atoms with Crippen LogP contribution >= 0.6 is 23.5 Å². The highest BCUT2D eigenvalue weighted by molar-refractivity contribution is 7.98. The molecule has 0 aliphatic carbocycles. The van der Waals surface area contributed by atoms with E-state index in [1.807, 2.05) is 6.26 Å². The highest BCUT2D eigenvalue weighted by Gasteiger charge is 2.05. The van der Waals surface area contributed by atoms with E-state index in [2.05, 4.69) is 18.7 Å². The van der Waals surface area contributed by atoms with Crippen LogP contribution in [-0.4, -0.2) is 25.0 Å². The Balaban J connectivity index is 2.84. The minimum absolute atomic E-state index is 0.224. The molecule has 5 nitrogen and oxygen atoms in total. The van der Waals surface area contributed by atoms with Crippen LogP contribution in [0.25, 0.3) is 11.2 Å². The Morgan fingerprint density at radius 1 is 1.50 bits per heavy atom. The van der Waals surface area contributed by atoms with Crippen LogP contribution < -0.4 is 5.56 Å². The first-order valence-electron chi connectivity index (χ1n) is 3.08. The Hall–Kier alpha value is -0.950. The van der Waals surface area contributed by atoms with Gasteiger partial charge in [0.1, 0.15) is 0 Å². The van der Waals surface area contributed by atoms with Gasteiger partial charge in [0.2, 0.25) is 5.65 Å². The zero-order valence-electron chi connectivity index (χ0n) is 6.07. The molecular weight excluding hydrogens is 196 g/mol. The summed E-state index contributed by atoms with van der Waals surface area (Å²) in [6.07, 6.45) is 1.84. The number of rotatable bonds is 1. The zero-order chi connectivity index (χ0) is 8.55. The van der Waals surface area contributed by atoms with Crippen molar-refractivity contribution in [3.05, 3.63) is 10.4 Å². The van der Waals surface area contributed by atoms with Crippen molar-refractivity contribution < 1.29 is 0 Å². The lowest BCUT2D eigenvalue weighted by molar-refractivity contribution is 0.969. The number of hydrogen-bond donors (Lipinski definition) is 1. The van der Waals surface area contributed by atoms with Gasteiger partial charge in [-0.1, -0.05) is 11.8 Å². The maximum atomic E-state index is 11.2. The first kappa shape index (κ1) is 7.69. The Kier molecular flexibility index (Phi) is 1.81. The third kappa shape index (κ3) is 1.10. The van der Waals surface area contributed by atoms with E-state index in [1.54, 1.807) is 0 Å². The number of thioether (sulfide) groups is 1. The summed E-state index contributed by atoms with van der Waals surface area (Å²) in [5, 5.41) is 0.570. The van der Waals surface area contributed by atoms with Crippen molar-refractivity contribution in [2.45, 2.75) is 5.16 Å². The van der Waals surface area contributed by atoms with Crippen molar-refractivity contribution in [3.63, 3.8) is 0 Å². The summed E-state index contributed by atoms with van der Waals surface area (Å²) in [6.45, 7) is 0. The van der Waals surface area contributed by atoms with Crippen LogP contribution in [-0.2, 0) is 0 Å². The number of fused-ring (bicyclic) bond motifs is 1. The van der Waals surface area contributed by atoms with Crippen LogP contribution in [0.2, 0.25) is 0 Å². The van der Waals surface area contributed by atoms with E-state index in [-0.39, 0.29) is 5.56 Å². The Labute approximate surface area is 75.6 Å². The second kappa shape index (κ2) is 2.83. The van der Waals surface area contributed by atoms with Crippen LogP contribution in [0.15, 0.2) is 9.95 Å². The summed E-state index contributed by atoms with van der Waals surface area (Å²) in [7, 11) is 0. The Morgan fingerprint density at radius 3 is 3.08 bits per heavy atom. The average molecular weight is 200 g/mol. The van der Waals surface area contributed by atoms with Crippen LogP contribution in [0.3, 0.4) is 0 Å². The number of nitrogens with one attached hydrogen (secondary N) is 1. The maximum absolute atomic E-state index is 11.2. The van der Waals surface area contributed by atoms with Crippen molar-refractivity contribution in [3.8, 4) is 0 Å². The van der Waals surface area contributed by atoms with Crippen molar-refractivity contribution in [2.75, 3.05) is 6.26 Å². The predicted octanol–water partition coefficient (Wildman–Crippen LogP) is 0.496. The van der Waals surface area contributed by atoms with Gasteiger partial charge < -0.3 is 0 Å². The fourth-order valence-electron chi connectivity index (χ4n) is 0.777. The molecule has 0 aliphatic heterocycles. The van der Waals surface area contributed by atoms with Crippen LogP contribution in [0.1, 0.15) is 0 Å². The molecule has 0 spiro atoms. The number of hydrogen-bond acceptors (Lipinski definition) is 6. The van der Waals surface area contributed by atoms with Gasteiger partial charge in [-0.25, -0.2) is 4.98 Å². The molecular formula is C5H4N4OS2. The second-order valence-electron chi connectivity index (χ2n) is 2.01. The molecule has 62 valence electrons. The van der Waals surface area contributed by atoms with Crippen LogP contribution in [0.4, 0.5) is 0 Å². The first-order valence-corrected chi connectivity index (χ1v) is 5.03. The minimum Gasteiger partial charge on any atom is -0.299 e. The normalized spacial score (nSPS) is 10.8. The summed E-state index contributed by atoms with van der Waals surface area (Å²) >= 11 is 2.37. The fourth-order valence-corrected chi connectivity index (χ4v) is 1.64. The van der Waals surface area contributed by atoms with Gasteiger partial charge in [-0.3, -0.25) is 9.78 Å². The van der Waals surface area contributed by atoms with Gasteiger partial charge in [0.05, 0.1) is 11.7 Å². The van der Waals surface area contributed by atoms with Gasteiger partial charge in [0.25, 0.3) is 5.56 Å². The molecule has 0 fully saturated rings. The fraction of sp³-hybridized carbons (Fsp3) is 0.200. The minimum atomic E-state index is -0.224. The lowest BCUT2D eigenvalue weighted by Crippen LogP contribution is -2.08. The second-order valence-corrected chi connectivity index (χ2v) is 3.34. The molecule has 2 heterocycles. The first-order chi connectivity index (χ1) is 5.81. The molecule has 0 atom stereocenters. The third-order valence-corrected chi connectivity index (χ3v) is 2.41. The number of aromatic amines is 1. The van der Waals surface area contributed by atoms with Crippen molar-refractivity contribution in [1.82, 2.24) is 18.7 Å². The molecule has 2 aromatic heterocycles. The largest absolute Gasteiger partial charge is 0.299 e. The zero-order valence-corrected chi connectivity index (χ0v) is 7.70. The molecule has 2 aromatic rings. The van der Waals surface area contributed by atoms with E-state index < -0.39 is 0 Å². The smallest absolute Gasteiger partial charge is 0.280 e. The SMILES string of the molecule is CSc1nc2nsnc2c(=O)[nH]1. The predicted molar refractivity (Wildman–Crippen MR) is 47.6 cm³/mol. The monoisotopic (exact) mass is 200 g/mol. The highest BCUT2D eigenvalue weighted by Crippen LogP contribution is 2.09. The van der Waals surface area contributed by atoms with Gasteiger partial charge in [-0.2, -0.15) is 8.75 Å². The molecule has 0 amide bonds. The van der Waals surface area contributed by atoms with E-state index in [1.165, 1.54) is 11.8 Å². The molecule has 0 saturated heterocycles. The summed E-state index contributed by atoms with van der Waals surface area (Å²) in [4.78, 5) is 17.9. The summed E-state index contributed by atoms with van der Waals surface area (Å²) in [5.74, 6) is 0. The molecule has 12 heavy (non-hydrogen) atoms. The van der Waals surface area contributed by atoms with Gasteiger partial charge >= 0.3 is 0 Å². The van der Waals surface area contributed by atoms with E-state index in [0.29, 0.717) is 16.3 Å². The van der Waals surface area contributed by atoms with Gasteiger partial charge in [-0.15, -0.1) is 0 Å². The Bertz CT molecular complexity index is 462. The topological polar surface area (TPSA) is 71.5 Å². The standard InChI is InChI=1S/C5H4N4OS2/c1-11-5-6-3-2(4(10)7-5)8-12-9-3/h1H3,(H,6,7,9,10). The third-order valence-electron chi connectivity index (χ3n) is 1.31. The average Bonchev–Trinajstić information content (AvgIpc) is 2.52. The molecule has 0 saturated carbocycles. The lowest BCUT2D eigenvalue weighted by atomic mass is 10.6. The molecule has 0 aliphatic rings. The van der Waals surface area contributed by atoms with E-state index in [9.17, 15) is 4.79 Å². The van der Waals surface area contributed by atoms with Crippen molar-refractivity contribution in [1.29, 1.82) is 0 Å². The summed E-state index contributed by atoms with van der Waals surface area (Å²) in [6, 6.07) is 0. The molecule has 2 rings (SSSR count). The highest BCUT2D eigenvalue weighted by atomic mass is 32.2. The van der Waals surface area contributed by atoms with E-state index >= 15 is 0 Å². The molecule has 0 unspecified atom stereocenters. The Morgan fingerprint density at radius 2 is 2.33 bits per heavy atom. The number of H-pyrrole nitrogens is 1. The van der Waals surface area contributed by atoms with Crippen LogP contribution in [0.5, 0.6) is 0 Å². The van der Waals surface area contributed by atoms with Gasteiger partial charge in [-0.05, 0) is 6.26 Å². The molecule has 1 N–H and O–H groups in total. The number of aromatic nitrogens is 4. The van der Waals surface area contributed by atoms with E-state index in [0.717, 1.165) is 11.7 Å². The lowest BCUT2D eigenvalue weighted by Gasteiger charge is -1.91. The molecule has 0 radical (unpaired) electrons. The summed E-state index contributed by atoms with van der Waals surface area (Å²) in [5.41, 5.74) is 0.518.